The highest BCUT2D eigenvalue weighted by Crippen LogP contribution is 2.11. The van der Waals surface area contributed by atoms with Gasteiger partial charge in [-0.05, 0) is 24.3 Å². The highest BCUT2D eigenvalue weighted by Gasteiger charge is 2.25. The van der Waals surface area contributed by atoms with Gasteiger partial charge in [0.15, 0.2) is 0 Å². The number of carbonyl (C=O) groups excluding carboxylic acids is 2. The molecule has 1 fully saturated rings. The largest absolute Gasteiger partial charge is 0.376 e. The zero-order valence-corrected chi connectivity index (χ0v) is 13.9. The molecule has 1 saturated heterocycles. The SMILES string of the molecule is CC(C)[C@@H](NC(=O)Cc1ccccc1)C(=O)NC[C@H]1CCCO1. The molecule has 1 aliphatic rings. The Labute approximate surface area is 137 Å². The smallest absolute Gasteiger partial charge is 0.242 e. The van der Waals surface area contributed by atoms with Crippen LogP contribution in [0.3, 0.4) is 0 Å². The fourth-order valence-electron chi connectivity index (χ4n) is 2.67. The van der Waals surface area contributed by atoms with Gasteiger partial charge in [-0.25, -0.2) is 0 Å². The van der Waals surface area contributed by atoms with Gasteiger partial charge in [0, 0.05) is 13.2 Å². The van der Waals surface area contributed by atoms with Crippen LogP contribution in [0, 0.1) is 5.92 Å². The summed E-state index contributed by atoms with van der Waals surface area (Å²) in [5, 5.41) is 5.74. The Hall–Kier alpha value is -1.88. The van der Waals surface area contributed by atoms with Crippen molar-refractivity contribution in [2.75, 3.05) is 13.2 Å². The van der Waals surface area contributed by atoms with Crippen LogP contribution in [0.25, 0.3) is 0 Å². The molecular formula is C18H26N2O3. The Kier molecular flexibility index (Phi) is 6.59. The molecule has 0 aliphatic carbocycles. The highest BCUT2D eigenvalue weighted by atomic mass is 16.5. The van der Waals surface area contributed by atoms with Crippen LogP contribution < -0.4 is 10.6 Å². The molecule has 5 nitrogen and oxygen atoms in total. The number of rotatable bonds is 7. The summed E-state index contributed by atoms with van der Waals surface area (Å²) >= 11 is 0. The molecule has 126 valence electrons. The second kappa shape index (κ2) is 8.67. The molecule has 0 radical (unpaired) electrons. The highest BCUT2D eigenvalue weighted by molar-refractivity contribution is 5.88. The minimum atomic E-state index is -0.521. The fourth-order valence-corrected chi connectivity index (χ4v) is 2.67. The van der Waals surface area contributed by atoms with Crippen molar-refractivity contribution in [3.05, 3.63) is 35.9 Å². The Morgan fingerprint density at radius 1 is 1.26 bits per heavy atom. The van der Waals surface area contributed by atoms with Crippen molar-refractivity contribution in [1.29, 1.82) is 0 Å². The number of hydrogen-bond acceptors (Lipinski definition) is 3. The minimum absolute atomic E-state index is 0.0271. The second-order valence-corrected chi connectivity index (χ2v) is 6.33. The van der Waals surface area contributed by atoms with Gasteiger partial charge in [0.05, 0.1) is 12.5 Å². The van der Waals surface area contributed by atoms with E-state index in [1.54, 1.807) is 0 Å². The molecule has 0 spiro atoms. The molecule has 2 atom stereocenters. The molecule has 23 heavy (non-hydrogen) atoms. The predicted molar refractivity (Wildman–Crippen MR) is 88.9 cm³/mol. The van der Waals surface area contributed by atoms with Gasteiger partial charge >= 0.3 is 0 Å². The summed E-state index contributed by atoms with van der Waals surface area (Å²) in [5.41, 5.74) is 0.937. The van der Waals surface area contributed by atoms with Crippen LogP contribution in [0.4, 0.5) is 0 Å². The van der Waals surface area contributed by atoms with Crippen molar-refractivity contribution >= 4 is 11.8 Å². The summed E-state index contributed by atoms with van der Waals surface area (Å²) < 4.78 is 5.50. The second-order valence-electron chi connectivity index (χ2n) is 6.33. The first kappa shape index (κ1) is 17.5. The first-order chi connectivity index (χ1) is 11.1. The molecule has 0 unspecified atom stereocenters. The van der Waals surface area contributed by atoms with Crippen molar-refractivity contribution in [2.45, 2.75) is 45.3 Å². The number of carbonyl (C=O) groups is 2. The average molecular weight is 318 g/mol. The molecule has 1 aromatic rings. The van der Waals surface area contributed by atoms with Crippen molar-refractivity contribution in [2.24, 2.45) is 5.92 Å². The number of benzene rings is 1. The maximum atomic E-state index is 12.3. The third-order valence-electron chi connectivity index (χ3n) is 4.00. The number of hydrogen-bond donors (Lipinski definition) is 2. The van der Waals surface area contributed by atoms with Crippen LogP contribution in [0.5, 0.6) is 0 Å². The van der Waals surface area contributed by atoms with Gasteiger partial charge in [-0.3, -0.25) is 9.59 Å². The van der Waals surface area contributed by atoms with E-state index in [0.717, 1.165) is 25.0 Å². The predicted octanol–water partition coefficient (Wildman–Crippen LogP) is 1.67. The summed E-state index contributed by atoms with van der Waals surface area (Å²) in [6.07, 6.45) is 2.41. The van der Waals surface area contributed by atoms with E-state index in [2.05, 4.69) is 10.6 Å². The van der Waals surface area contributed by atoms with Crippen molar-refractivity contribution < 1.29 is 14.3 Å². The van der Waals surface area contributed by atoms with E-state index in [0.29, 0.717) is 6.54 Å². The third kappa shape index (κ3) is 5.67. The maximum absolute atomic E-state index is 12.3. The summed E-state index contributed by atoms with van der Waals surface area (Å²) in [4.78, 5) is 24.5. The van der Waals surface area contributed by atoms with Gasteiger partial charge < -0.3 is 15.4 Å². The topological polar surface area (TPSA) is 67.4 Å². The van der Waals surface area contributed by atoms with E-state index in [1.807, 2.05) is 44.2 Å². The van der Waals surface area contributed by atoms with Gasteiger partial charge in [0.25, 0.3) is 0 Å². The molecular weight excluding hydrogens is 292 g/mol. The lowest BCUT2D eigenvalue weighted by molar-refractivity contribution is -0.130. The lowest BCUT2D eigenvalue weighted by Gasteiger charge is -2.22. The van der Waals surface area contributed by atoms with E-state index < -0.39 is 6.04 Å². The first-order valence-electron chi connectivity index (χ1n) is 8.29. The molecule has 0 aromatic heterocycles. The van der Waals surface area contributed by atoms with Crippen LogP contribution in [0.2, 0.25) is 0 Å². The minimum Gasteiger partial charge on any atom is -0.376 e. The van der Waals surface area contributed by atoms with Crippen LogP contribution in [0.15, 0.2) is 30.3 Å². The summed E-state index contributed by atoms with van der Waals surface area (Å²) in [6, 6.07) is 9.00. The lowest BCUT2D eigenvalue weighted by Crippen LogP contribution is -2.51. The lowest BCUT2D eigenvalue weighted by atomic mass is 10.0. The summed E-state index contributed by atoms with van der Waals surface area (Å²) in [5.74, 6) is -0.252. The molecule has 1 aromatic carbocycles. The monoisotopic (exact) mass is 318 g/mol. The van der Waals surface area contributed by atoms with Crippen molar-refractivity contribution in [3.8, 4) is 0 Å². The number of nitrogens with one attached hydrogen (secondary N) is 2. The van der Waals surface area contributed by atoms with Crippen molar-refractivity contribution in [1.82, 2.24) is 10.6 Å². The van der Waals surface area contributed by atoms with E-state index in [1.165, 1.54) is 0 Å². The molecule has 5 heteroatoms. The zero-order valence-electron chi connectivity index (χ0n) is 13.9. The Morgan fingerprint density at radius 3 is 2.61 bits per heavy atom. The van der Waals surface area contributed by atoms with Gasteiger partial charge in [-0.15, -0.1) is 0 Å². The van der Waals surface area contributed by atoms with Gasteiger partial charge in [0.1, 0.15) is 6.04 Å². The molecule has 2 rings (SSSR count). The molecule has 0 bridgehead atoms. The van der Waals surface area contributed by atoms with Gasteiger partial charge in [-0.1, -0.05) is 44.2 Å². The molecule has 1 aliphatic heterocycles. The normalized spacial score (nSPS) is 18.7. The maximum Gasteiger partial charge on any atom is 0.242 e. The molecule has 1 heterocycles. The summed E-state index contributed by atoms with van der Waals surface area (Å²) in [6.45, 7) is 5.14. The van der Waals surface area contributed by atoms with Crippen LogP contribution in [-0.4, -0.2) is 37.1 Å². The van der Waals surface area contributed by atoms with E-state index in [-0.39, 0.29) is 30.3 Å². The molecule has 0 saturated carbocycles. The van der Waals surface area contributed by atoms with E-state index in [4.69, 9.17) is 4.74 Å². The average Bonchev–Trinajstić information content (AvgIpc) is 3.04. The van der Waals surface area contributed by atoms with Gasteiger partial charge in [0.2, 0.25) is 11.8 Å². The Bertz CT molecular complexity index is 510. The van der Waals surface area contributed by atoms with Crippen LogP contribution in [0.1, 0.15) is 32.3 Å². The zero-order chi connectivity index (χ0) is 16.7. The van der Waals surface area contributed by atoms with E-state index in [9.17, 15) is 9.59 Å². The Morgan fingerprint density at radius 2 is 2.00 bits per heavy atom. The third-order valence-corrected chi connectivity index (χ3v) is 4.00. The Balaban J connectivity index is 1.84. The van der Waals surface area contributed by atoms with E-state index >= 15 is 0 Å². The van der Waals surface area contributed by atoms with Gasteiger partial charge in [-0.2, -0.15) is 0 Å². The standard InChI is InChI=1S/C18H26N2O3/c1-13(2)17(18(22)19-12-15-9-6-10-23-15)20-16(21)11-14-7-4-3-5-8-14/h3-5,7-8,13,15,17H,6,9-12H2,1-2H3,(H,19,22)(H,20,21)/t15-,17-/m1/s1. The summed E-state index contributed by atoms with van der Waals surface area (Å²) in [7, 11) is 0. The van der Waals surface area contributed by atoms with Crippen LogP contribution in [-0.2, 0) is 20.7 Å². The van der Waals surface area contributed by atoms with Crippen LogP contribution >= 0.6 is 0 Å². The fraction of sp³-hybridized carbons (Fsp3) is 0.556. The first-order valence-corrected chi connectivity index (χ1v) is 8.29. The molecule has 2 N–H and O–H groups in total. The number of amides is 2. The number of ether oxygens (including phenoxy) is 1. The molecule has 2 amide bonds. The van der Waals surface area contributed by atoms with Crippen molar-refractivity contribution in [3.63, 3.8) is 0 Å². The quantitative estimate of drug-likeness (QED) is 0.803.